The molecular formula is C11H13NO5S. The third-order valence-electron chi connectivity index (χ3n) is 2.94. The molecule has 0 aromatic heterocycles. The molecule has 6 nitrogen and oxygen atoms in total. The number of sulfonamides is 1. The molecule has 0 saturated heterocycles. The summed E-state index contributed by atoms with van der Waals surface area (Å²) < 4.78 is 29.2. The van der Waals surface area contributed by atoms with Crippen LogP contribution in [-0.4, -0.2) is 39.4 Å². The zero-order chi connectivity index (χ0) is 13.5. The maximum Gasteiger partial charge on any atom is 0.337 e. The molecule has 0 saturated carbocycles. The molecule has 1 aromatic carbocycles. The lowest BCUT2D eigenvalue weighted by molar-refractivity contribution is 0.0600. The van der Waals surface area contributed by atoms with Crippen molar-refractivity contribution in [1.82, 2.24) is 0 Å². The third kappa shape index (κ3) is 1.95. The normalized spacial score (nSPS) is 21.3. The van der Waals surface area contributed by atoms with Gasteiger partial charge in [-0.1, -0.05) is 6.07 Å². The number of methoxy groups -OCH3 is 1. The second-order valence-electron chi connectivity index (χ2n) is 4.03. The van der Waals surface area contributed by atoms with Gasteiger partial charge in [-0.05, 0) is 12.1 Å². The highest BCUT2D eigenvalue weighted by Crippen LogP contribution is 2.34. The van der Waals surface area contributed by atoms with Crippen LogP contribution in [0.2, 0.25) is 0 Å². The number of aliphatic hydroxyl groups excluding tert-OH is 1. The van der Waals surface area contributed by atoms with Crippen molar-refractivity contribution in [3.05, 3.63) is 29.3 Å². The third-order valence-corrected chi connectivity index (χ3v) is 4.70. The van der Waals surface area contributed by atoms with E-state index in [-0.39, 0.29) is 11.3 Å². The van der Waals surface area contributed by atoms with Crippen LogP contribution in [0, 0.1) is 0 Å². The van der Waals surface area contributed by atoms with E-state index in [4.69, 9.17) is 0 Å². The molecule has 7 heteroatoms. The van der Waals surface area contributed by atoms with E-state index in [0.717, 1.165) is 4.31 Å². The maximum absolute atomic E-state index is 11.8. The average molecular weight is 271 g/mol. The summed E-state index contributed by atoms with van der Waals surface area (Å²) in [5.74, 6) is -0.905. The predicted octanol–water partition coefficient (Wildman–Crippen LogP) is 0.286. The number of carbonyl (C=O) groups is 1. The molecule has 0 spiro atoms. The summed E-state index contributed by atoms with van der Waals surface area (Å²) in [6.07, 6.45) is -1.08. The van der Waals surface area contributed by atoms with Gasteiger partial charge in [0.25, 0.3) is 0 Å². The zero-order valence-corrected chi connectivity index (χ0v) is 10.8. The molecular weight excluding hydrogens is 258 g/mol. The van der Waals surface area contributed by atoms with Gasteiger partial charge >= 0.3 is 5.97 Å². The molecule has 1 heterocycles. The SMILES string of the molecule is COC(=O)c1ccc2c(c1)N(C)S(=O)(=O)CC2O. The van der Waals surface area contributed by atoms with Gasteiger partial charge in [-0.15, -0.1) is 0 Å². The topological polar surface area (TPSA) is 83.9 Å². The van der Waals surface area contributed by atoms with Gasteiger partial charge in [0, 0.05) is 12.6 Å². The van der Waals surface area contributed by atoms with Crippen LogP contribution in [0.4, 0.5) is 5.69 Å². The summed E-state index contributed by atoms with van der Waals surface area (Å²) in [6, 6.07) is 4.44. The Kier molecular flexibility index (Phi) is 3.04. The fourth-order valence-corrected chi connectivity index (χ4v) is 3.15. The zero-order valence-electron chi connectivity index (χ0n) is 9.95. The Bertz CT molecular complexity index is 595. The lowest BCUT2D eigenvalue weighted by Gasteiger charge is -2.30. The number of benzene rings is 1. The highest BCUT2D eigenvalue weighted by atomic mass is 32.2. The Morgan fingerprint density at radius 2 is 2.17 bits per heavy atom. The number of hydrogen-bond acceptors (Lipinski definition) is 5. The van der Waals surface area contributed by atoms with Crippen LogP contribution in [-0.2, 0) is 14.8 Å². The second-order valence-corrected chi connectivity index (χ2v) is 6.07. The van der Waals surface area contributed by atoms with Crippen molar-refractivity contribution >= 4 is 21.7 Å². The van der Waals surface area contributed by atoms with Gasteiger partial charge in [-0.2, -0.15) is 0 Å². The first-order valence-corrected chi connectivity index (χ1v) is 6.84. The van der Waals surface area contributed by atoms with Crippen molar-refractivity contribution in [2.45, 2.75) is 6.10 Å². The molecule has 18 heavy (non-hydrogen) atoms. The largest absolute Gasteiger partial charge is 0.465 e. The minimum absolute atomic E-state index is 0.243. The van der Waals surface area contributed by atoms with Crippen molar-refractivity contribution in [3.8, 4) is 0 Å². The van der Waals surface area contributed by atoms with E-state index in [1.807, 2.05) is 0 Å². The minimum Gasteiger partial charge on any atom is -0.465 e. The standard InChI is InChI=1S/C11H13NO5S/c1-12-9-5-7(11(14)17-2)3-4-8(9)10(13)6-18(12,15)16/h3-5,10,13H,6H2,1-2H3. The van der Waals surface area contributed by atoms with Crippen LogP contribution in [0.15, 0.2) is 18.2 Å². The van der Waals surface area contributed by atoms with E-state index in [2.05, 4.69) is 4.74 Å². The highest BCUT2D eigenvalue weighted by molar-refractivity contribution is 7.92. The quantitative estimate of drug-likeness (QED) is 0.742. The summed E-state index contributed by atoms with van der Waals surface area (Å²) in [7, 11) is -0.905. The van der Waals surface area contributed by atoms with E-state index in [1.165, 1.54) is 32.4 Å². The summed E-state index contributed by atoms with van der Waals surface area (Å²) >= 11 is 0. The molecule has 0 amide bonds. The summed E-state index contributed by atoms with van der Waals surface area (Å²) in [5.41, 5.74) is 1.03. The molecule has 1 aliphatic rings. The molecule has 2 rings (SSSR count). The molecule has 0 radical (unpaired) electrons. The highest BCUT2D eigenvalue weighted by Gasteiger charge is 2.33. The van der Waals surface area contributed by atoms with Gasteiger partial charge in [-0.25, -0.2) is 13.2 Å². The maximum atomic E-state index is 11.8. The number of rotatable bonds is 1. The predicted molar refractivity (Wildman–Crippen MR) is 64.9 cm³/mol. The van der Waals surface area contributed by atoms with Crippen LogP contribution in [0.3, 0.4) is 0 Å². The van der Waals surface area contributed by atoms with Crippen LogP contribution in [0.1, 0.15) is 22.0 Å². The minimum atomic E-state index is -3.54. The van der Waals surface area contributed by atoms with E-state index < -0.39 is 22.1 Å². The number of fused-ring (bicyclic) bond motifs is 1. The van der Waals surface area contributed by atoms with Gasteiger partial charge in [0.15, 0.2) is 0 Å². The first-order chi connectivity index (χ1) is 8.36. The monoisotopic (exact) mass is 271 g/mol. The lowest BCUT2D eigenvalue weighted by atomic mass is 10.0. The number of ether oxygens (including phenoxy) is 1. The molecule has 1 atom stereocenters. The fourth-order valence-electron chi connectivity index (χ4n) is 1.89. The Morgan fingerprint density at radius 3 is 2.78 bits per heavy atom. The molecule has 1 unspecified atom stereocenters. The Labute approximate surface area is 105 Å². The van der Waals surface area contributed by atoms with Crippen LogP contribution >= 0.6 is 0 Å². The molecule has 0 aliphatic carbocycles. The average Bonchev–Trinajstić information content (AvgIpc) is 2.34. The van der Waals surface area contributed by atoms with Gasteiger partial charge in [0.1, 0.15) is 0 Å². The summed E-state index contributed by atoms with van der Waals surface area (Å²) in [5, 5.41) is 9.78. The van der Waals surface area contributed by atoms with E-state index in [9.17, 15) is 18.3 Å². The molecule has 0 bridgehead atoms. The van der Waals surface area contributed by atoms with E-state index >= 15 is 0 Å². The fraction of sp³-hybridized carbons (Fsp3) is 0.364. The number of esters is 1. The van der Waals surface area contributed by atoms with Crippen molar-refractivity contribution < 1.29 is 23.1 Å². The second kappa shape index (κ2) is 4.25. The van der Waals surface area contributed by atoms with Gasteiger partial charge in [0.2, 0.25) is 10.0 Å². The lowest BCUT2D eigenvalue weighted by Crippen LogP contribution is -2.36. The number of aliphatic hydroxyl groups is 1. The van der Waals surface area contributed by atoms with Crippen LogP contribution < -0.4 is 4.31 Å². The molecule has 1 N–H and O–H groups in total. The Hall–Kier alpha value is -1.60. The van der Waals surface area contributed by atoms with Crippen LogP contribution in [0.25, 0.3) is 0 Å². The van der Waals surface area contributed by atoms with Crippen molar-refractivity contribution in [2.75, 3.05) is 24.2 Å². The Balaban J connectivity index is 2.58. The van der Waals surface area contributed by atoms with Crippen molar-refractivity contribution in [1.29, 1.82) is 0 Å². The first kappa shape index (κ1) is 12.8. The van der Waals surface area contributed by atoms with Crippen LogP contribution in [0.5, 0.6) is 0 Å². The first-order valence-electron chi connectivity index (χ1n) is 5.24. The summed E-state index contributed by atoms with van der Waals surface area (Å²) in [4.78, 5) is 11.4. The molecule has 98 valence electrons. The number of anilines is 1. The molecule has 0 fully saturated rings. The van der Waals surface area contributed by atoms with E-state index in [0.29, 0.717) is 11.3 Å². The Morgan fingerprint density at radius 1 is 1.50 bits per heavy atom. The van der Waals surface area contributed by atoms with E-state index in [1.54, 1.807) is 0 Å². The molecule has 1 aliphatic heterocycles. The smallest absolute Gasteiger partial charge is 0.337 e. The summed E-state index contributed by atoms with van der Waals surface area (Å²) in [6.45, 7) is 0. The van der Waals surface area contributed by atoms with Crippen molar-refractivity contribution in [2.24, 2.45) is 0 Å². The van der Waals surface area contributed by atoms with Gasteiger partial charge in [0.05, 0.1) is 30.2 Å². The van der Waals surface area contributed by atoms with Gasteiger partial charge in [-0.3, -0.25) is 4.31 Å². The van der Waals surface area contributed by atoms with Crippen molar-refractivity contribution in [3.63, 3.8) is 0 Å². The molecule has 1 aromatic rings. The van der Waals surface area contributed by atoms with Gasteiger partial charge < -0.3 is 9.84 Å². The number of hydrogen-bond donors (Lipinski definition) is 1. The number of nitrogens with zero attached hydrogens (tertiary/aromatic N) is 1. The number of carbonyl (C=O) groups excluding carboxylic acids is 1.